The second-order valence-corrected chi connectivity index (χ2v) is 6.52. The Balaban J connectivity index is 2.69. The molecule has 0 amide bonds. The minimum absolute atomic E-state index is 0.387. The van der Waals surface area contributed by atoms with E-state index in [1.165, 1.54) is 6.42 Å². The third kappa shape index (κ3) is 4.45. The van der Waals surface area contributed by atoms with Gasteiger partial charge in [-0.25, -0.2) is 0 Å². The molecule has 2 N–H and O–H groups in total. The Hall–Kier alpha value is -0.610. The number of rotatable bonds is 8. The van der Waals surface area contributed by atoms with E-state index in [-0.39, 0.29) is 0 Å². The van der Waals surface area contributed by atoms with E-state index in [2.05, 4.69) is 38.0 Å². The minimum Gasteiger partial charge on any atom is -0.480 e. The number of hydrogen-bond acceptors (Lipinski definition) is 3. The van der Waals surface area contributed by atoms with Crippen LogP contribution < -0.4 is 5.32 Å². The molecule has 1 saturated carbocycles. The molecule has 4 nitrogen and oxygen atoms in total. The Labute approximate surface area is 123 Å². The number of nitrogens with one attached hydrogen (secondary N) is 1. The highest BCUT2D eigenvalue weighted by molar-refractivity contribution is 5.79. The van der Waals surface area contributed by atoms with Gasteiger partial charge in [0.25, 0.3) is 0 Å². The average Bonchev–Trinajstić information content (AvgIpc) is 2.44. The Morgan fingerprint density at radius 3 is 2.75 bits per heavy atom. The van der Waals surface area contributed by atoms with Gasteiger partial charge in [0.05, 0.1) is 0 Å². The smallest absolute Gasteiger partial charge is 0.323 e. The van der Waals surface area contributed by atoms with Gasteiger partial charge in [-0.05, 0) is 51.6 Å². The standard InChI is InChI=1S/C16H32N2O2/c1-5-10-17-16(15(19)20)9-7-8-14(11-16)18(4)12-13(3)6-2/h13-14,17H,5-12H2,1-4H3,(H,19,20). The Morgan fingerprint density at radius 2 is 2.20 bits per heavy atom. The van der Waals surface area contributed by atoms with Gasteiger partial charge >= 0.3 is 5.97 Å². The fourth-order valence-electron chi connectivity index (χ4n) is 3.19. The van der Waals surface area contributed by atoms with Crippen molar-refractivity contribution < 1.29 is 9.90 Å². The molecule has 0 aromatic rings. The molecule has 3 atom stereocenters. The molecule has 0 aliphatic heterocycles. The molecular weight excluding hydrogens is 252 g/mol. The molecule has 1 fully saturated rings. The highest BCUT2D eigenvalue weighted by Gasteiger charge is 2.43. The number of nitrogens with zero attached hydrogens (tertiary/aromatic N) is 1. The van der Waals surface area contributed by atoms with Crippen molar-refractivity contribution in [3.05, 3.63) is 0 Å². The molecule has 0 bridgehead atoms. The van der Waals surface area contributed by atoms with E-state index in [9.17, 15) is 9.90 Å². The van der Waals surface area contributed by atoms with Crippen LogP contribution in [0.3, 0.4) is 0 Å². The van der Waals surface area contributed by atoms with Crippen LogP contribution >= 0.6 is 0 Å². The van der Waals surface area contributed by atoms with Gasteiger partial charge in [0.15, 0.2) is 0 Å². The zero-order valence-electron chi connectivity index (χ0n) is 13.6. The topological polar surface area (TPSA) is 52.6 Å². The molecule has 0 heterocycles. The lowest BCUT2D eigenvalue weighted by Crippen LogP contribution is -2.58. The molecule has 0 radical (unpaired) electrons. The van der Waals surface area contributed by atoms with E-state index in [4.69, 9.17) is 0 Å². The van der Waals surface area contributed by atoms with Crippen molar-refractivity contribution in [3.63, 3.8) is 0 Å². The molecule has 4 heteroatoms. The summed E-state index contributed by atoms with van der Waals surface area (Å²) in [5.74, 6) is -0.00246. The second kappa shape index (κ2) is 7.99. The van der Waals surface area contributed by atoms with Gasteiger partial charge in [-0.1, -0.05) is 27.2 Å². The van der Waals surface area contributed by atoms with Gasteiger partial charge in [-0.3, -0.25) is 4.79 Å². The summed E-state index contributed by atoms with van der Waals surface area (Å²) in [6, 6.07) is 0.387. The van der Waals surface area contributed by atoms with Gasteiger partial charge in [0, 0.05) is 12.6 Å². The van der Waals surface area contributed by atoms with Crippen molar-refractivity contribution in [2.75, 3.05) is 20.1 Å². The van der Waals surface area contributed by atoms with E-state index < -0.39 is 11.5 Å². The maximum Gasteiger partial charge on any atom is 0.323 e. The quantitative estimate of drug-likeness (QED) is 0.719. The van der Waals surface area contributed by atoms with E-state index in [0.29, 0.717) is 12.0 Å². The Morgan fingerprint density at radius 1 is 1.50 bits per heavy atom. The predicted octanol–water partition coefficient (Wildman–Crippen LogP) is 2.73. The van der Waals surface area contributed by atoms with Gasteiger partial charge in [-0.15, -0.1) is 0 Å². The summed E-state index contributed by atoms with van der Waals surface area (Å²) in [5.41, 5.74) is -0.706. The number of hydrogen-bond donors (Lipinski definition) is 2. The molecule has 1 aliphatic carbocycles. The normalized spacial score (nSPS) is 28.6. The number of carbonyl (C=O) groups is 1. The third-order valence-electron chi connectivity index (χ3n) is 4.77. The number of carboxylic acid groups (broad SMARTS) is 1. The summed E-state index contributed by atoms with van der Waals surface area (Å²) in [4.78, 5) is 14.1. The Kier molecular flexibility index (Phi) is 6.96. The van der Waals surface area contributed by atoms with Gasteiger partial charge in [0.1, 0.15) is 5.54 Å². The monoisotopic (exact) mass is 284 g/mol. The zero-order valence-corrected chi connectivity index (χ0v) is 13.6. The van der Waals surface area contributed by atoms with Crippen LogP contribution in [0.5, 0.6) is 0 Å². The van der Waals surface area contributed by atoms with Crippen LogP contribution in [-0.4, -0.2) is 47.7 Å². The van der Waals surface area contributed by atoms with Crippen molar-refractivity contribution in [2.45, 2.75) is 70.9 Å². The van der Waals surface area contributed by atoms with Crippen LogP contribution in [0.25, 0.3) is 0 Å². The lowest BCUT2D eigenvalue weighted by Gasteiger charge is -2.42. The van der Waals surface area contributed by atoms with Crippen molar-refractivity contribution >= 4 is 5.97 Å². The molecule has 118 valence electrons. The molecule has 1 aliphatic rings. The first-order chi connectivity index (χ1) is 9.45. The first-order valence-corrected chi connectivity index (χ1v) is 8.13. The van der Waals surface area contributed by atoms with Crippen LogP contribution in [0.2, 0.25) is 0 Å². The lowest BCUT2D eigenvalue weighted by molar-refractivity contribution is -0.147. The highest BCUT2D eigenvalue weighted by atomic mass is 16.4. The average molecular weight is 284 g/mol. The molecular formula is C16H32N2O2. The van der Waals surface area contributed by atoms with Crippen LogP contribution in [0.15, 0.2) is 0 Å². The van der Waals surface area contributed by atoms with Gasteiger partial charge in [-0.2, -0.15) is 0 Å². The first-order valence-electron chi connectivity index (χ1n) is 8.13. The van der Waals surface area contributed by atoms with Crippen molar-refractivity contribution in [2.24, 2.45) is 5.92 Å². The summed E-state index contributed by atoms with van der Waals surface area (Å²) in [7, 11) is 2.15. The molecule has 20 heavy (non-hydrogen) atoms. The van der Waals surface area contributed by atoms with Crippen molar-refractivity contribution in [1.29, 1.82) is 0 Å². The van der Waals surface area contributed by atoms with E-state index in [0.717, 1.165) is 45.2 Å². The van der Waals surface area contributed by atoms with Crippen LogP contribution in [0, 0.1) is 5.92 Å². The summed E-state index contributed by atoms with van der Waals surface area (Å²) in [6.07, 6.45) is 5.76. The SMILES string of the molecule is CCCNC1(C(=O)O)CCCC(N(C)CC(C)CC)C1. The number of aliphatic carboxylic acids is 1. The minimum atomic E-state index is -0.706. The highest BCUT2D eigenvalue weighted by Crippen LogP contribution is 2.31. The predicted molar refractivity (Wildman–Crippen MR) is 83.0 cm³/mol. The molecule has 0 saturated heterocycles. The maximum atomic E-state index is 11.7. The van der Waals surface area contributed by atoms with Crippen molar-refractivity contribution in [1.82, 2.24) is 10.2 Å². The molecule has 0 aromatic heterocycles. The second-order valence-electron chi connectivity index (χ2n) is 6.52. The maximum absolute atomic E-state index is 11.7. The molecule has 3 unspecified atom stereocenters. The van der Waals surface area contributed by atoms with Crippen LogP contribution in [-0.2, 0) is 4.79 Å². The number of carboxylic acids is 1. The van der Waals surface area contributed by atoms with E-state index >= 15 is 0 Å². The summed E-state index contributed by atoms with van der Waals surface area (Å²) >= 11 is 0. The fraction of sp³-hybridized carbons (Fsp3) is 0.938. The molecule has 0 spiro atoms. The summed E-state index contributed by atoms with van der Waals surface area (Å²) in [6.45, 7) is 8.40. The van der Waals surface area contributed by atoms with Crippen LogP contribution in [0.1, 0.15) is 59.3 Å². The third-order valence-corrected chi connectivity index (χ3v) is 4.77. The molecule has 1 rings (SSSR count). The molecule has 0 aromatic carbocycles. The van der Waals surface area contributed by atoms with Crippen molar-refractivity contribution in [3.8, 4) is 0 Å². The van der Waals surface area contributed by atoms with Gasteiger partial charge < -0.3 is 15.3 Å². The lowest BCUT2D eigenvalue weighted by atomic mass is 9.78. The summed E-state index contributed by atoms with van der Waals surface area (Å²) in [5, 5.41) is 13.0. The first kappa shape index (κ1) is 17.4. The fourth-order valence-corrected chi connectivity index (χ4v) is 3.19. The van der Waals surface area contributed by atoms with Gasteiger partial charge in [0.2, 0.25) is 0 Å². The van der Waals surface area contributed by atoms with E-state index in [1.54, 1.807) is 0 Å². The Bertz CT molecular complexity index is 309. The zero-order chi connectivity index (χ0) is 15.2. The summed E-state index contributed by atoms with van der Waals surface area (Å²) < 4.78 is 0. The van der Waals surface area contributed by atoms with Crippen LogP contribution in [0.4, 0.5) is 0 Å². The largest absolute Gasteiger partial charge is 0.480 e. The van der Waals surface area contributed by atoms with E-state index in [1.807, 2.05) is 0 Å².